The third kappa shape index (κ3) is 5.19. The Kier molecular flexibility index (Phi) is 7.17. The van der Waals surface area contributed by atoms with Gasteiger partial charge in [-0.3, -0.25) is 0 Å². The van der Waals surface area contributed by atoms with E-state index in [9.17, 15) is 9.59 Å². The topological polar surface area (TPSA) is 52.6 Å². The smallest absolute Gasteiger partial charge is 0.338 e. The molecule has 0 heterocycles. The maximum atomic E-state index is 12.7. The van der Waals surface area contributed by atoms with Crippen LogP contribution >= 0.6 is 0 Å². The quantitative estimate of drug-likeness (QED) is 0.595. The highest BCUT2D eigenvalue weighted by atomic mass is 16.6. The minimum atomic E-state index is -0.937. The number of carbonyl (C=O) groups is 2. The van der Waals surface area contributed by atoms with Crippen LogP contribution < -0.4 is 0 Å². The van der Waals surface area contributed by atoms with Gasteiger partial charge in [0.05, 0.1) is 11.1 Å². The van der Waals surface area contributed by atoms with Gasteiger partial charge in [0.15, 0.2) is 0 Å². The molecule has 0 bridgehead atoms. The molecule has 0 saturated heterocycles. The summed E-state index contributed by atoms with van der Waals surface area (Å²) >= 11 is 0. The maximum absolute atomic E-state index is 12.7. The van der Waals surface area contributed by atoms with Crippen molar-refractivity contribution >= 4 is 11.9 Å². The number of esters is 2. The van der Waals surface area contributed by atoms with E-state index in [0.29, 0.717) is 17.5 Å². The van der Waals surface area contributed by atoms with Gasteiger partial charge in [-0.15, -0.1) is 0 Å². The summed E-state index contributed by atoms with van der Waals surface area (Å²) in [5.41, 5.74) is 0.0287. The van der Waals surface area contributed by atoms with E-state index < -0.39 is 23.6 Å². The first-order valence-electron chi connectivity index (χ1n) is 9.43. The predicted octanol–water partition coefficient (Wildman–Crippen LogP) is 5.28. The highest BCUT2D eigenvalue weighted by molar-refractivity contribution is 5.90. The van der Waals surface area contributed by atoms with Crippen molar-refractivity contribution in [2.45, 2.75) is 52.2 Å². The molecule has 0 aliphatic rings. The van der Waals surface area contributed by atoms with E-state index in [1.807, 2.05) is 39.8 Å². The number of rotatable bonds is 8. The summed E-state index contributed by atoms with van der Waals surface area (Å²) in [5, 5.41) is 0. The van der Waals surface area contributed by atoms with E-state index in [1.165, 1.54) is 0 Å². The molecule has 4 nitrogen and oxygen atoms in total. The molecule has 0 radical (unpaired) electrons. The molecule has 0 fully saturated rings. The molecule has 27 heavy (non-hydrogen) atoms. The molecule has 4 heteroatoms. The lowest BCUT2D eigenvalue weighted by molar-refractivity contribution is -0.113. The molecule has 2 rings (SSSR count). The van der Waals surface area contributed by atoms with Crippen molar-refractivity contribution in [1.29, 1.82) is 0 Å². The summed E-state index contributed by atoms with van der Waals surface area (Å²) in [6.45, 7) is 7.80. The molecule has 0 saturated carbocycles. The third-order valence-corrected chi connectivity index (χ3v) is 4.92. The number of ether oxygens (including phenoxy) is 2. The Morgan fingerprint density at radius 1 is 0.889 bits per heavy atom. The van der Waals surface area contributed by atoms with Crippen LogP contribution in [0.3, 0.4) is 0 Å². The van der Waals surface area contributed by atoms with Gasteiger partial charge in [-0.05, 0) is 43.5 Å². The summed E-state index contributed by atoms with van der Waals surface area (Å²) in [7, 11) is 0. The highest BCUT2D eigenvalue weighted by Gasteiger charge is 2.43. The van der Waals surface area contributed by atoms with Crippen LogP contribution in [0.2, 0.25) is 0 Å². The van der Waals surface area contributed by atoms with Gasteiger partial charge in [-0.1, -0.05) is 63.6 Å². The summed E-state index contributed by atoms with van der Waals surface area (Å²) < 4.78 is 11.7. The highest BCUT2D eigenvalue weighted by Crippen LogP contribution is 2.32. The average Bonchev–Trinajstić information content (AvgIpc) is 2.68. The Labute approximate surface area is 161 Å². The van der Waals surface area contributed by atoms with E-state index in [-0.39, 0.29) is 5.92 Å². The largest absolute Gasteiger partial charge is 0.455 e. The molecule has 0 aromatic heterocycles. The summed E-state index contributed by atoms with van der Waals surface area (Å²) in [6, 6.07) is 17.7. The number of hydrogen-bond acceptors (Lipinski definition) is 4. The van der Waals surface area contributed by atoms with Crippen LogP contribution in [-0.4, -0.2) is 23.6 Å². The molecule has 2 aromatic rings. The second-order valence-corrected chi connectivity index (χ2v) is 7.14. The van der Waals surface area contributed by atoms with Crippen LogP contribution in [-0.2, 0) is 9.47 Å². The van der Waals surface area contributed by atoms with Crippen molar-refractivity contribution in [2.24, 2.45) is 5.92 Å². The molecular formula is C23H28O4. The van der Waals surface area contributed by atoms with Gasteiger partial charge in [0, 0.05) is 0 Å². The number of hydrogen-bond donors (Lipinski definition) is 0. The summed E-state index contributed by atoms with van der Waals surface area (Å²) in [5.74, 6) is -0.856. The Hall–Kier alpha value is -2.62. The van der Waals surface area contributed by atoms with E-state index in [4.69, 9.17) is 9.47 Å². The van der Waals surface area contributed by atoms with Crippen LogP contribution in [0.15, 0.2) is 60.7 Å². The standard InChI is InChI=1S/C23H28O4/c1-5-12-20(26-21(24)18-13-8-6-9-14-18)23(4,17(2)3)27-22(25)19-15-10-7-11-16-19/h6-11,13-17,20H,5,12H2,1-4H3. The minimum Gasteiger partial charge on any atom is -0.455 e. The second-order valence-electron chi connectivity index (χ2n) is 7.14. The predicted molar refractivity (Wildman–Crippen MR) is 106 cm³/mol. The van der Waals surface area contributed by atoms with E-state index in [1.54, 1.807) is 48.5 Å². The average molecular weight is 368 g/mol. The first-order chi connectivity index (χ1) is 12.9. The van der Waals surface area contributed by atoms with Crippen LogP contribution in [0.4, 0.5) is 0 Å². The van der Waals surface area contributed by atoms with Crippen LogP contribution in [0, 0.1) is 5.92 Å². The lowest BCUT2D eigenvalue weighted by Gasteiger charge is -2.39. The molecule has 0 aliphatic heterocycles. The lowest BCUT2D eigenvalue weighted by Crippen LogP contribution is -2.50. The molecular weight excluding hydrogens is 340 g/mol. The van der Waals surface area contributed by atoms with Crippen molar-refractivity contribution in [3.8, 4) is 0 Å². The van der Waals surface area contributed by atoms with Gasteiger partial charge in [0.1, 0.15) is 11.7 Å². The van der Waals surface area contributed by atoms with E-state index in [2.05, 4.69) is 0 Å². The van der Waals surface area contributed by atoms with Crippen molar-refractivity contribution in [3.63, 3.8) is 0 Å². The zero-order valence-electron chi connectivity index (χ0n) is 16.5. The number of benzene rings is 2. The van der Waals surface area contributed by atoms with E-state index in [0.717, 1.165) is 6.42 Å². The second kappa shape index (κ2) is 9.36. The summed E-state index contributed by atoms with van der Waals surface area (Å²) in [4.78, 5) is 25.3. The first-order valence-corrected chi connectivity index (χ1v) is 9.43. The third-order valence-electron chi connectivity index (χ3n) is 4.92. The van der Waals surface area contributed by atoms with Crippen LogP contribution in [0.25, 0.3) is 0 Å². The molecule has 0 amide bonds. The zero-order valence-corrected chi connectivity index (χ0v) is 16.5. The van der Waals surface area contributed by atoms with Gasteiger partial charge in [-0.2, -0.15) is 0 Å². The molecule has 144 valence electrons. The fraction of sp³-hybridized carbons (Fsp3) is 0.391. The summed E-state index contributed by atoms with van der Waals surface area (Å²) in [6.07, 6.45) is 0.871. The van der Waals surface area contributed by atoms with Crippen molar-refractivity contribution in [1.82, 2.24) is 0 Å². The van der Waals surface area contributed by atoms with Crippen LogP contribution in [0.5, 0.6) is 0 Å². The Morgan fingerprint density at radius 3 is 1.81 bits per heavy atom. The number of carbonyl (C=O) groups excluding carboxylic acids is 2. The van der Waals surface area contributed by atoms with E-state index >= 15 is 0 Å². The molecule has 0 spiro atoms. The molecule has 2 atom stereocenters. The Bertz CT molecular complexity index is 739. The molecule has 0 aliphatic carbocycles. The maximum Gasteiger partial charge on any atom is 0.338 e. The van der Waals surface area contributed by atoms with Crippen LogP contribution in [0.1, 0.15) is 61.3 Å². The SMILES string of the molecule is CCCC(OC(=O)c1ccccc1)C(C)(OC(=O)c1ccccc1)C(C)C. The van der Waals surface area contributed by atoms with Gasteiger partial charge >= 0.3 is 11.9 Å². The van der Waals surface area contributed by atoms with Crippen molar-refractivity contribution in [3.05, 3.63) is 71.8 Å². The van der Waals surface area contributed by atoms with Gasteiger partial charge in [0.2, 0.25) is 0 Å². The minimum absolute atomic E-state index is 0.0368. The lowest BCUT2D eigenvalue weighted by atomic mass is 9.84. The Balaban J connectivity index is 2.25. The Morgan fingerprint density at radius 2 is 1.37 bits per heavy atom. The monoisotopic (exact) mass is 368 g/mol. The van der Waals surface area contributed by atoms with Gasteiger partial charge in [0.25, 0.3) is 0 Å². The fourth-order valence-corrected chi connectivity index (χ4v) is 2.88. The molecule has 2 unspecified atom stereocenters. The molecule has 2 aromatic carbocycles. The van der Waals surface area contributed by atoms with Crippen molar-refractivity contribution < 1.29 is 19.1 Å². The fourth-order valence-electron chi connectivity index (χ4n) is 2.88. The zero-order chi connectivity index (χ0) is 19.9. The first kappa shape index (κ1) is 20.7. The van der Waals surface area contributed by atoms with Crippen molar-refractivity contribution in [2.75, 3.05) is 0 Å². The normalized spacial score (nSPS) is 14.3. The van der Waals surface area contributed by atoms with Gasteiger partial charge in [-0.25, -0.2) is 9.59 Å². The molecule has 0 N–H and O–H groups in total. The van der Waals surface area contributed by atoms with Gasteiger partial charge < -0.3 is 9.47 Å².